The van der Waals surface area contributed by atoms with E-state index in [0.717, 1.165) is 10.6 Å². The molecule has 0 bridgehead atoms. The highest BCUT2D eigenvalue weighted by Gasteiger charge is 2.22. The molecule has 1 rings (SSSR count). The minimum absolute atomic E-state index is 0.115. The normalized spacial score (nSPS) is 11.0. The van der Waals surface area contributed by atoms with E-state index in [1.807, 2.05) is 6.92 Å². The van der Waals surface area contributed by atoms with Crippen LogP contribution in [0.1, 0.15) is 23.1 Å². The first-order chi connectivity index (χ1) is 8.49. The summed E-state index contributed by atoms with van der Waals surface area (Å²) in [7, 11) is 1.59. The Morgan fingerprint density at radius 2 is 2.28 bits per heavy atom. The molecular formula is C11H17F2N3O2. The lowest BCUT2D eigenvalue weighted by molar-refractivity contribution is 0.0500. The van der Waals surface area contributed by atoms with Crippen molar-refractivity contribution in [1.29, 1.82) is 0 Å². The average molecular weight is 261 g/mol. The van der Waals surface area contributed by atoms with E-state index in [-0.39, 0.29) is 18.8 Å². The fraction of sp³-hybridized carbons (Fsp3) is 0.636. The van der Waals surface area contributed by atoms with Crippen molar-refractivity contribution in [2.24, 2.45) is 7.05 Å². The van der Waals surface area contributed by atoms with E-state index in [0.29, 0.717) is 6.42 Å². The Morgan fingerprint density at radius 3 is 2.72 bits per heavy atom. The molecule has 0 fully saturated rings. The maximum atomic E-state index is 12.4. The predicted octanol–water partition coefficient (Wildman–Crippen LogP) is 0.682. The molecule has 0 aliphatic rings. The van der Waals surface area contributed by atoms with E-state index >= 15 is 0 Å². The van der Waals surface area contributed by atoms with Crippen molar-refractivity contribution in [1.82, 2.24) is 14.7 Å². The lowest BCUT2D eigenvalue weighted by Gasteiger charge is -2.20. The molecule has 0 radical (unpaired) electrons. The molecule has 0 saturated carbocycles. The van der Waals surface area contributed by atoms with Gasteiger partial charge in [0.05, 0.1) is 18.8 Å². The van der Waals surface area contributed by atoms with Crippen LogP contribution in [-0.4, -0.2) is 51.8 Å². The summed E-state index contributed by atoms with van der Waals surface area (Å²) in [5, 5.41) is 12.9. The molecule has 0 spiro atoms. The van der Waals surface area contributed by atoms with Gasteiger partial charge in [-0.05, 0) is 12.5 Å². The molecule has 0 aliphatic heterocycles. The fourth-order valence-corrected chi connectivity index (χ4v) is 1.62. The van der Waals surface area contributed by atoms with E-state index in [4.69, 9.17) is 5.11 Å². The van der Waals surface area contributed by atoms with E-state index in [1.165, 1.54) is 4.68 Å². The van der Waals surface area contributed by atoms with Gasteiger partial charge in [-0.25, -0.2) is 8.78 Å². The number of aryl methyl sites for hydroxylation is 2. The first-order valence-electron chi connectivity index (χ1n) is 5.70. The molecule has 0 atom stereocenters. The highest BCUT2D eigenvalue weighted by molar-refractivity contribution is 5.92. The minimum atomic E-state index is -2.63. The van der Waals surface area contributed by atoms with E-state index < -0.39 is 18.9 Å². The standard InChI is InChI=1S/C11H17F2N3O2/c1-3-8-6-9(15(2)14-8)11(18)16(4-5-17)7-10(12)13/h6,10,17H,3-5,7H2,1-2H3. The fourth-order valence-electron chi connectivity index (χ4n) is 1.62. The highest BCUT2D eigenvalue weighted by atomic mass is 19.3. The lowest BCUT2D eigenvalue weighted by atomic mass is 10.3. The number of aromatic nitrogens is 2. The van der Waals surface area contributed by atoms with Crippen molar-refractivity contribution in [3.8, 4) is 0 Å². The first-order valence-corrected chi connectivity index (χ1v) is 5.70. The van der Waals surface area contributed by atoms with Crippen molar-refractivity contribution >= 4 is 5.91 Å². The number of rotatable bonds is 6. The van der Waals surface area contributed by atoms with Crippen molar-refractivity contribution < 1.29 is 18.7 Å². The average Bonchev–Trinajstić information content (AvgIpc) is 2.68. The summed E-state index contributed by atoms with van der Waals surface area (Å²) in [6.07, 6.45) is -1.96. The Morgan fingerprint density at radius 1 is 1.61 bits per heavy atom. The lowest BCUT2D eigenvalue weighted by Crippen LogP contribution is -2.38. The number of carbonyl (C=O) groups is 1. The van der Waals surface area contributed by atoms with Gasteiger partial charge in [0.2, 0.25) is 0 Å². The smallest absolute Gasteiger partial charge is 0.272 e. The van der Waals surface area contributed by atoms with Crippen LogP contribution >= 0.6 is 0 Å². The number of aliphatic hydroxyl groups is 1. The van der Waals surface area contributed by atoms with Crippen molar-refractivity contribution in [2.75, 3.05) is 19.7 Å². The second kappa shape index (κ2) is 6.44. The zero-order valence-corrected chi connectivity index (χ0v) is 10.4. The van der Waals surface area contributed by atoms with Gasteiger partial charge in [0, 0.05) is 13.6 Å². The summed E-state index contributed by atoms with van der Waals surface area (Å²) in [6, 6.07) is 1.58. The number of amides is 1. The van der Waals surface area contributed by atoms with Crippen LogP contribution in [0.25, 0.3) is 0 Å². The molecular weight excluding hydrogens is 244 g/mol. The summed E-state index contributed by atoms with van der Waals surface area (Å²) < 4.78 is 26.1. The van der Waals surface area contributed by atoms with Crippen molar-refractivity contribution in [3.05, 3.63) is 17.5 Å². The zero-order valence-electron chi connectivity index (χ0n) is 10.4. The van der Waals surface area contributed by atoms with Gasteiger partial charge in [-0.2, -0.15) is 5.10 Å². The minimum Gasteiger partial charge on any atom is -0.395 e. The van der Waals surface area contributed by atoms with Crippen LogP contribution in [0.3, 0.4) is 0 Å². The molecule has 1 heterocycles. The maximum absolute atomic E-state index is 12.4. The van der Waals surface area contributed by atoms with Crippen LogP contribution in [0.4, 0.5) is 8.78 Å². The Kier molecular flexibility index (Phi) is 5.21. The number of alkyl halides is 2. The maximum Gasteiger partial charge on any atom is 0.272 e. The van der Waals surface area contributed by atoms with E-state index in [1.54, 1.807) is 13.1 Å². The molecule has 5 nitrogen and oxygen atoms in total. The topological polar surface area (TPSA) is 58.4 Å². The van der Waals surface area contributed by atoms with Crippen LogP contribution in [0.5, 0.6) is 0 Å². The van der Waals surface area contributed by atoms with Crippen LogP contribution in [-0.2, 0) is 13.5 Å². The van der Waals surface area contributed by atoms with Gasteiger partial charge in [-0.15, -0.1) is 0 Å². The molecule has 0 unspecified atom stereocenters. The van der Waals surface area contributed by atoms with E-state index in [9.17, 15) is 13.6 Å². The third kappa shape index (κ3) is 3.49. The molecule has 0 saturated heterocycles. The summed E-state index contributed by atoms with van der Waals surface area (Å²) >= 11 is 0. The Bertz CT molecular complexity index is 407. The molecule has 102 valence electrons. The number of halogens is 2. The molecule has 1 amide bonds. The third-order valence-corrected chi connectivity index (χ3v) is 2.53. The molecule has 1 N–H and O–H groups in total. The monoisotopic (exact) mass is 261 g/mol. The Balaban J connectivity index is 2.90. The molecule has 7 heteroatoms. The Hall–Kier alpha value is -1.50. The predicted molar refractivity (Wildman–Crippen MR) is 61.6 cm³/mol. The van der Waals surface area contributed by atoms with Gasteiger partial charge >= 0.3 is 0 Å². The van der Waals surface area contributed by atoms with Gasteiger partial charge in [-0.1, -0.05) is 6.92 Å². The SMILES string of the molecule is CCc1cc(C(=O)N(CCO)CC(F)F)n(C)n1. The van der Waals surface area contributed by atoms with Crippen molar-refractivity contribution in [2.45, 2.75) is 19.8 Å². The van der Waals surface area contributed by atoms with Crippen LogP contribution < -0.4 is 0 Å². The number of hydrogen-bond donors (Lipinski definition) is 1. The first kappa shape index (κ1) is 14.6. The van der Waals surface area contributed by atoms with E-state index in [2.05, 4.69) is 5.10 Å². The van der Waals surface area contributed by atoms with Gasteiger partial charge in [0.15, 0.2) is 0 Å². The highest BCUT2D eigenvalue weighted by Crippen LogP contribution is 2.09. The largest absolute Gasteiger partial charge is 0.395 e. The zero-order chi connectivity index (χ0) is 13.7. The van der Waals surface area contributed by atoms with Gasteiger partial charge in [0.25, 0.3) is 12.3 Å². The number of aliphatic hydroxyl groups excluding tert-OH is 1. The summed E-state index contributed by atoms with van der Waals surface area (Å²) in [4.78, 5) is 13.0. The van der Waals surface area contributed by atoms with Crippen LogP contribution in [0.2, 0.25) is 0 Å². The molecule has 18 heavy (non-hydrogen) atoms. The number of hydrogen-bond acceptors (Lipinski definition) is 3. The second-order valence-electron chi connectivity index (χ2n) is 3.86. The summed E-state index contributed by atoms with van der Waals surface area (Å²) in [6.45, 7) is 0.736. The second-order valence-corrected chi connectivity index (χ2v) is 3.86. The number of nitrogens with zero attached hydrogens (tertiary/aromatic N) is 3. The van der Waals surface area contributed by atoms with Gasteiger partial charge in [-0.3, -0.25) is 9.48 Å². The molecule has 0 aliphatic carbocycles. The Labute approximate surface area is 104 Å². The summed E-state index contributed by atoms with van der Waals surface area (Å²) in [5.41, 5.74) is 0.975. The number of carbonyl (C=O) groups excluding carboxylic acids is 1. The van der Waals surface area contributed by atoms with Gasteiger partial charge in [0.1, 0.15) is 5.69 Å². The molecule has 0 aromatic carbocycles. The molecule has 1 aromatic rings. The van der Waals surface area contributed by atoms with Crippen LogP contribution in [0.15, 0.2) is 6.07 Å². The quantitative estimate of drug-likeness (QED) is 0.819. The summed E-state index contributed by atoms with van der Waals surface area (Å²) in [5.74, 6) is -0.543. The third-order valence-electron chi connectivity index (χ3n) is 2.53. The van der Waals surface area contributed by atoms with Gasteiger partial charge < -0.3 is 10.0 Å². The molecule has 1 aromatic heterocycles. The van der Waals surface area contributed by atoms with Crippen molar-refractivity contribution in [3.63, 3.8) is 0 Å². The van der Waals surface area contributed by atoms with Crippen LogP contribution in [0, 0.1) is 0 Å².